The zero-order valence-electron chi connectivity index (χ0n) is 10.9. The van der Waals surface area contributed by atoms with Crippen LogP contribution in [0.2, 0.25) is 5.02 Å². The SMILES string of the molecule is C[C@@H]1CC(C)(C)N(CC(=O)O)c2cc(Cl)ccc21. The van der Waals surface area contributed by atoms with Crippen molar-refractivity contribution in [1.82, 2.24) is 0 Å². The zero-order valence-corrected chi connectivity index (χ0v) is 11.7. The summed E-state index contributed by atoms with van der Waals surface area (Å²) in [6, 6.07) is 5.75. The van der Waals surface area contributed by atoms with Crippen molar-refractivity contribution in [2.75, 3.05) is 11.4 Å². The number of carbonyl (C=O) groups is 1. The molecule has 1 N–H and O–H groups in total. The minimum Gasteiger partial charge on any atom is -0.480 e. The summed E-state index contributed by atoms with van der Waals surface area (Å²) in [7, 11) is 0. The largest absolute Gasteiger partial charge is 0.480 e. The maximum absolute atomic E-state index is 11.1. The first kappa shape index (κ1) is 13.2. The molecule has 1 aliphatic heterocycles. The molecule has 0 amide bonds. The fraction of sp³-hybridized carbons (Fsp3) is 0.500. The number of hydrogen-bond acceptors (Lipinski definition) is 2. The van der Waals surface area contributed by atoms with E-state index >= 15 is 0 Å². The summed E-state index contributed by atoms with van der Waals surface area (Å²) in [5.74, 6) is -0.402. The molecule has 0 saturated heterocycles. The Morgan fingerprint density at radius 3 is 2.83 bits per heavy atom. The molecule has 0 fully saturated rings. The quantitative estimate of drug-likeness (QED) is 0.891. The van der Waals surface area contributed by atoms with Gasteiger partial charge in [-0.1, -0.05) is 24.6 Å². The smallest absolute Gasteiger partial charge is 0.323 e. The second kappa shape index (κ2) is 4.47. The Kier molecular flexibility index (Phi) is 3.28. The van der Waals surface area contributed by atoms with E-state index in [4.69, 9.17) is 16.7 Å². The molecule has 0 aliphatic carbocycles. The highest BCUT2D eigenvalue weighted by Gasteiger charge is 2.37. The summed E-state index contributed by atoms with van der Waals surface area (Å²) in [6.07, 6.45) is 0.939. The van der Waals surface area contributed by atoms with Gasteiger partial charge in [0.15, 0.2) is 0 Å². The van der Waals surface area contributed by atoms with Gasteiger partial charge in [0.05, 0.1) is 0 Å². The van der Waals surface area contributed by atoms with Crippen LogP contribution >= 0.6 is 11.6 Å². The van der Waals surface area contributed by atoms with Gasteiger partial charge in [0, 0.05) is 16.2 Å². The summed E-state index contributed by atoms with van der Waals surface area (Å²) in [5, 5.41) is 9.73. The van der Waals surface area contributed by atoms with Crippen molar-refractivity contribution in [3.63, 3.8) is 0 Å². The van der Waals surface area contributed by atoms with Crippen molar-refractivity contribution in [1.29, 1.82) is 0 Å². The van der Waals surface area contributed by atoms with Crippen molar-refractivity contribution < 1.29 is 9.90 Å². The number of hydrogen-bond donors (Lipinski definition) is 1. The maximum atomic E-state index is 11.1. The van der Waals surface area contributed by atoms with Crippen LogP contribution in [0.25, 0.3) is 0 Å². The molecule has 0 bridgehead atoms. The molecule has 3 nitrogen and oxygen atoms in total. The predicted molar refractivity (Wildman–Crippen MR) is 73.5 cm³/mol. The van der Waals surface area contributed by atoms with E-state index in [9.17, 15) is 4.79 Å². The summed E-state index contributed by atoms with van der Waals surface area (Å²) >= 11 is 6.05. The van der Waals surface area contributed by atoms with E-state index in [2.05, 4.69) is 20.8 Å². The predicted octanol–water partition coefficient (Wildman–Crippen LogP) is 3.52. The van der Waals surface area contributed by atoms with Crippen LogP contribution in [0, 0.1) is 0 Å². The Morgan fingerprint density at radius 2 is 2.22 bits per heavy atom. The van der Waals surface area contributed by atoms with Gasteiger partial charge in [0.25, 0.3) is 0 Å². The standard InChI is InChI=1S/C14H18ClNO2/c1-9-7-14(2,3)16(8-13(17)18)12-6-10(15)4-5-11(9)12/h4-6,9H,7-8H2,1-3H3,(H,17,18)/t9-/m1/s1. The van der Waals surface area contributed by atoms with Crippen LogP contribution in [0.1, 0.15) is 38.7 Å². The van der Waals surface area contributed by atoms with Crippen LogP contribution in [0.3, 0.4) is 0 Å². The van der Waals surface area contributed by atoms with Gasteiger partial charge in [-0.05, 0) is 43.9 Å². The van der Waals surface area contributed by atoms with Crippen molar-refractivity contribution in [2.24, 2.45) is 0 Å². The molecule has 1 aromatic rings. The normalized spacial score (nSPS) is 21.6. The van der Waals surface area contributed by atoms with E-state index in [0.717, 1.165) is 12.1 Å². The Hall–Kier alpha value is -1.22. The first-order valence-electron chi connectivity index (χ1n) is 6.10. The lowest BCUT2D eigenvalue weighted by Crippen LogP contribution is -2.50. The van der Waals surface area contributed by atoms with Crippen molar-refractivity contribution in [2.45, 2.75) is 38.6 Å². The summed E-state index contributed by atoms with van der Waals surface area (Å²) in [5.41, 5.74) is 1.96. The van der Waals surface area contributed by atoms with Gasteiger partial charge in [-0.3, -0.25) is 4.79 Å². The Morgan fingerprint density at radius 1 is 1.56 bits per heavy atom. The van der Waals surface area contributed by atoms with Crippen LogP contribution in [0.15, 0.2) is 18.2 Å². The summed E-state index contributed by atoms with van der Waals surface area (Å²) < 4.78 is 0. The van der Waals surface area contributed by atoms with Gasteiger partial charge in [-0.2, -0.15) is 0 Å². The number of carboxylic acids is 1. The average molecular weight is 268 g/mol. The molecule has 0 saturated carbocycles. The third kappa shape index (κ3) is 2.32. The van der Waals surface area contributed by atoms with Crippen LogP contribution in [-0.2, 0) is 4.79 Å². The minimum atomic E-state index is -0.816. The lowest BCUT2D eigenvalue weighted by molar-refractivity contribution is -0.135. The summed E-state index contributed by atoms with van der Waals surface area (Å²) in [4.78, 5) is 13.0. The van der Waals surface area contributed by atoms with Crippen LogP contribution in [0.4, 0.5) is 5.69 Å². The number of nitrogens with zero attached hydrogens (tertiary/aromatic N) is 1. The fourth-order valence-electron chi connectivity index (χ4n) is 2.90. The maximum Gasteiger partial charge on any atom is 0.323 e. The first-order valence-corrected chi connectivity index (χ1v) is 6.48. The van der Waals surface area contributed by atoms with Gasteiger partial charge < -0.3 is 10.0 Å². The van der Waals surface area contributed by atoms with Crippen LogP contribution in [0.5, 0.6) is 0 Å². The monoisotopic (exact) mass is 267 g/mol. The number of rotatable bonds is 2. The molecule has 1 aliphatic rings. The van der Waals surface area contributed by atoms with Gasteiger partial charge in [0.2, 0.25) is 0 Å². The van der Waals surface area contributed by atoms with E-state index in [-0.39, 0.29) is 12.1 Å². The van der Waals surface area contributed by atoms with E-state index in [1.54, 1.807) is 0 Å². The molecule has 0 unspecified atom stereocenters. The molecule has 2 rings (SSSR count). The van der Waals surface area contributed by atoms with Crippen molar-refractivity contribution in [3.8, 4) is 0 Å². The number of benzene rings is 1. The number of halogens is 1. The lowest BCUT2D eigenvalue weighted by atomic mass is 9.80. The van der Waals surface area contributed by atoms with E-state index in [0.29, 0.717) is 10.9 Å². The topological polar surface area (TPSA) is 40.5 Å². The van der Waals surface area contributed by atoms with Crippen molar-refractivity contribution in [3.05, 3.63) is 28.8 Å². The van der Waals surface area contributed by atoms with Crippen LogP contribution in [-0.4, -0.2) is 23.2 Å². The molecule has 0 radical (unpaired) electrons. The van der Waals surface area contributed by atoms with E-state index < -0.39 is 5.97 Å². The highest BCUT2D eigenvalue weighted by Crippen LogP contribution is 2.43. The van der Waals surface area contributed by atoms with Gasteiger partial charge >= 0.3 is 5.97 Å². The lowest BCUT2D eigenvalue weighted by Gasteiger charge is -2.46. The molecule has 98 valence electrons. The van der Waals surface area contributed by atoms with Crippen molar-refractivity contribution >= 4 is 23.3 Å². The molecule has 1 atom stereocenters. The third-order valence-corrected chi connectivity index (χ3v) is 3.88. The molecule has 4 heteroatoms. The summed E-state index contributed by atoms with van der Waals surface area (Å²) in [6.45, 7) is 6.34. The second-order valence-corrected chi connectivity index (χ2v) is 6.04. The van der Waals surface area contributed by atoms with Gasteiger partial charge in [0.1, 0.15) is 6.54 Å². The minimum absolute atomic E-state index is 0.00701. The number of carboxylic acid groups (broad SMARTS) is 1. The molecular formula is C14H18ClNO2. The zero-order chi connectivity index (χ0) is 13.5. The third-order valence-electron chi connectivity index (χ3n) is 3.64. The molecule has 18 heavy (non-hydrogen) atoms. The van der Waals surface area contributed by atoms with Gasteiger partial charge in [-0.25, -0.2) is 0 Å². The van der Waals surface area contributed by atoms with Crippen LogP contribution < -0.4 is 4.90 Å². The Bertz CT molecular complexity index is 485. The number of fused-ring (bicyclic) bond motifs is 1. The molecule has 1 aromatic carbocycles. The molecule has 0 aromatic heterocycles. The number of anilines is 1. The highest BCUT2D eigenvalue weighted by atomic mass is 35.5. The first-order chi connectivity index (χ1) is 8.31. The number of aliphatic carboxylic acids is 1. The molecular weight excluding hydrogens is 250 g/mol. The Labute approximate surface area is 112 Å². The fourth-order valence-corrected chi connectivity index (χ4v) is 3.06. The molecule has 0 spiro atoms. The Balaban J connectivity index is 2.52. The van der Waals surface area contributed by atoms with E-state index in [1.165, 1.54) is 5.56 Å². The second-order valence-electron chi connectivity index (χ2n) is 5.60. The average Bonchev–Trinajstić information content (AvgIpc) is 2.23. The van der Waals surface area contributed by atoms with Gasteiger partial charge in [-0.15, -0.1) is 0 Å². The molecule has 1 heterocycles. The van der Waals surface area contributed by atoms with E-state index in [1.807, 2.05) is 23.1 Å². The highest BCUT2D eigenvalue weighted by molar-refractivity contribution is 6.30.